The Balaban J connectivity index is 1.59. The molecule has 0 saturated heterocycles. The van der Waals surface area contributed by atoms with E-state index in [9.17, 15) is 27.2 Å². The second-order valence-corrected chi connectivity index (χ2v) is 8.96. The van der Waals surface area contributed by atoms with Crippen molar-refractivity contribution in [1.29, 1.82) is 0 Å². The van der Waals surface area contributed by atoms with Crippen LogP contribution in [-0.2, 0) is 17.5 Å². The third kappa shape index (κ3) is 6.07. The number of alkyl halides is 3. The van der Waals surface area contributed by atoms with E-state index in [0.29, 0.717) is 5.13 Å². The summed E-state index contributed by atoms with van der Waals surface area (Å²) in [6.45, 7) is -0.262. The zero-order valence-electron chi connectivity index (χ0n) is 18.1. The molecule has 0 saturated carbocycles. The molecule has 0 aliphatic rings. The van der Waals surface area contributed by atoms with Gasteiger partial charge in [-0.2, -0.15) is 13.2 Å². The van der Waals surface area contributed by atoms with E-state index in [-0.39, 0.29) is 34.5 Å². The van der Waals surface area contributed by atoms with E-state index in [4.69, 9.17) is 0 Å². The number of nitrogens with zero attached hydrogens (tertiary/aromatic N) is 4. The van der Waals surface area contributed by atoms with Crippen molar-refractivity contribution >= 4 is 40.0 Å². The highest BCUT2D eigenvalue weighted by Gasteiger charge is 2.31. The van der Waals surface area contributed by atoms with E-state index >= 15 is 0 Å². The quantitative estimate of drug-likeness (QED) is 0.253. The summed E-state index contributed by atoms with van der Waals surface area (Å²) >= 11 is 2.17. The number of hydrogen-bond donors (Lipinski definition) is 2. The van der Waals surface area contributed by atoms with Crippen LogP contribution in [0.3, 0.4) is 0 Å². The molecule has 2 aromatic carbocycles. The number of anilines is 1. The van der Waals surface area contributed by atoms with Gasteiger partial charge in [-0.05, 0) is 30.3 Å². The molecule has 0 aliphatic carbocycles. The van der Waals surface area contributed by atoms with E-state index in [1.54, 1.807) is 5.38 Å². The number of thioether (sulfide) groups is 1. The molecule has 2 aromatic heterocycles. The van der Waals surface area contributed by atoms with Gasteiger partial charge >= 0.3 is 6.18 Å². The molecular formula is C22H16F4N6O2S2. The lowest BCUT2D eigenvalue weighted by Crippen LogP contribution is -2.25. The van der Waals surface area contributed by atoms with Crippen molar-refractivity contribution in [2.75, 3.05) is 11.1 Å². The first-order valence-corrected chi connectivity index (χ1v) is 12.1. The maximum Gasteiger partial charge on any atom is 0.416 e. The molecule has 4 aromatic rings. The molecule has 0 aliphatic heterocycles. The molecule has 2 N–H and O–H groups in total. The number of carbonyl (C=O) groups is 2. The molecule has 0 unspecified atom stereocenters. The third-order valence-electron chi connectivity index (χ3n) is 4.67. The zero-order valence-corrected chi connectivity index (χ0v) is 19.8. The van der Waals surface area contributed by atoms with Gasteiger partial charge in [0.25, 0.3) is 5.91 Å². The van der Waals surface area contributed by atoms with Crippen molar-refractivity contribution in [3.05, 3.63) is 82.9 Å². The standard InChI is InChI=1S/C22H16F4N6O2S2/c23-16-7-2-1-6-15(16)19(34)28-11-17-30-31-21(36-12-18(33)29-20-27-8-9-35-20)32(17)14-5-3-4-13(10-14)22(24,25)26/h1-10H,11-12H2,(H,28,34)(H,27,29,33). The Morgan fingerprint density at radius 3 is 2.61 bits per heavy atom. The first kappa shape index (κ1) is 25.3. The zero-order chi connectivity index (χ0) is 25.7. The molecule has 0 spiro atoms. The molecule has 2 amide bonds. The molecule has 0 atom stereocenters. The molecular weight excluding hydrogens is 520 g/mol. The fourth-order valence-electron chi connectivity index (χ4n) is 3.06. The minimum atomic E-state index is -4.59. The van der Waals surface area contributed by atoms with Crippen LogP contribution in [0.25, 0.3) is 5.69 Å². The second-order valence-electron chi connectivity index (χ2n) is 7.12. The van der Waals surface area contributed by atoms with Gasteiger partial charge in [0.2, 0.25) is 5.91 Å². The number of rotatable bonds is 8. The van der Waals surface area contributed by atoms with Gasteiger partial charge in [-0.15, -0.1) is 21.5 Å². The molecule has 14 heteroatoms. The fraction of sp³-hybridized carbons (Fsp3) is 0.136. The lowest BCUT2D eigenvalue weighted by molar-refractivity contribution is -0.137. The van der Waals surface area contributed by atoms with Crippen LogP contribution >= 0.6 is 23.1 Å². The molecule has 4 rings (SSSR count). The summed E-state index contributed by atoms with van der Waals surface area (Å²) in [6, 6.07) is 9.83. The Hall–Kier alpha value is -3.78. The highest BCUT2D eigenvalue weighted by atomic mass is 32.2. The van der Waals surface area contributed by atoms with Crippen molar-refractivity contribution in [3.8, 4) is 5.69 Å². The lowest BCUT2D eigenvalue weighted by atomic mass is 10.2. The number of hydrogen-bond acceptors (Lipinski definition) is 7. The van der Waals surface area contributed by atoms with Crippen LogP contribution in [0.1, 0.15) is 21.7 Å². The van der Waals surface area contributed by atoms with Crippen molar-refractivity contribution in [3.63, 3.8) is 0 Å². The van der Waals surface area contributed by atoms with Gasteiger partial charge in [0.05, 0.1) is 29.1 Å². The Labute approximate surface area is 209 Å². The van der Waals surface area contributed by atoms with E-state index in [1.165, 1.54) is 52.4 Å². The smallest absolute Gasteiger partial charge is 0.345 e. The van der Waals surface area contributed by atoms with Crippen LogP contribution in [0.2, 0.25) is 0 Å². The van der Waals surface area contributed by atoms with Crippen molar-refractivity contribution in [2.24, 2.45) is 0 Å². The monoisotopic (exact) mass is 536 g/mol. The summed E-state index contributed by atoms with van der Waals surface area (Å²) < 4.78 is 55.2. The topological polar surface area (TPSA) is 102 Å². The minimum Gasteiger partial charge on any atom is -0.345 e. The lowest BCUT2D eigenvalue weighted by Gasteiger charge is -2.13. The number of nitrogens with one attached hydrogen (secondary N) is 2. The summed E-state index contributed by atoms with van der Waals surface area (Å²) in [4.78, 5) is 28.6. The first-order chi connectivity index (χ1) is 17.2. The predicted octanol–water partition coefficient (Wildman–Crippen LogP) is 4.54. The van der Waals surface area contributed by atoms with Crippen molar-refractivity contribution in [1.82, 2.24) is 25.1 Å². The third-order valence-corrected chi connectivity index (χ3v) is 6.29. The number of amides is 2. The first-order valence-electron chi connectivity index (χ1n) is 10.2. The summed E-state index contributed by atoms with van der Waals surface area (Å²) in [5, 5.41) is 15.3. The van der Waals surface area contributed by atoms with E-state index in [2.05, 4.69) is 25.8 Å². The summed E-state index contributed by atoms with van der Waals surface area (Å²) in [5.74, 6) is -1.90. The van der Waals surface area contributed by atoms with Gasteiger partial charge in [-0.25, -0.2) is 9.37 Å². The van der Waals surface area contributed by atoms with E-state index < -0.39 is 29.4 Å². The average Bonchev–Trinajstić information content (AvgIpc) is 3.51. The van der Waals surface area contributed by atoms with Gasteiger partial charge < -0.3 is 10.6 Å². The van der Waals surface area contributed by atoms with Crippen LogP contribution in [0.4, 0.5) is 22.7 Å². The maximum absolute atomic E-state index is 13.9. The van der Waals surface area contributed by atoms with Gasteiger partial charge in [0.15, 0.2) is 16.1 Å². The Bertz CT molecular complexity index is 1380. The average molecular weight is 537 g/mol. The van der Waals surface area contributed by atoms with Crippen molar-refractivity contribution < 1.29 is 27.2 Å². The summed E-state index contributed by atoms with van der Waals surface area (Å²) in [5.41, 5.74) is -1.02. The number of benzene rings is 2. The summed E-state index contributed by atoms with van der Waals surface area (Å²) in [7, 11) is 0. The van der Waals surface area contributed by atoms with E-state index in [1.807, 2.05) is 0 Å². The Morgan fingerprint density at radius 1 is 1.08 bits per heavy atom. The largest absolute Gasteiger partial charge is 0.416 e. The number of carbonyl (C=O) groups excluding carboxylic acids is 2. The number of aromatic nitrogens is 4. The minimum absolute atomic E-state index is 0.0767. The second kappa shape index (κ2) is 10.9. The van der Waals surface area contributed by atoms with E-state index in [0.717, 1.165) is 30.0 Å². The van der Waals surface area contributed by atoms with Crippen LogP contribution in [0, 0.1) is 5.82 Å². The van der Waals surface area contributed by atoms with Crippen LogP contribution < -0.4 is 10.6 Å². The highest BCUT2D eigenvalue weighted by molar-refractivity contribution is 7.99. The molecule has 0 fully saturated rings. The molecule has 0 bridgehead atoms. The molecule has 0 radical (unpaired) electrons. The number of halogens is 4. The molecule has 8 nitrogen and oxygen atoms in total. The van der Waals surface area contributed by atoms with Gasteiger partial charge in [-0.3, -0.25) is 14.2 Å². The molecule has 36 heavy (non-hydrogen) atoms. The van der Waals surface area contributed by atoms with Crippen LogP contribution in [0.5, 0.6) is 0 Å². The van der Waals surface area contributed by atoms with Crippen LogP contribution in [0.15, 0.2) is 65.3 Å². The van der Waals surface area contributed by atoms with Crippen LogP contribution in [-0.4, -0.2) is 37.3 Å². The normalized spacial score (nSPS) is 11.3. The van der Waals surface area contributed by atoms with Gasteiger partial charge in [0.1, 0.15) is 5.82 Å². The van der Waals surface area contributed by atoms with Crippen molar-refractivity contribution in [2.45, 2.75) is 17.9 Å². The fourth-order valence-corrected chi connectivity index (χ4v) is 4.38. The number of thiazole rings is 1. The Kier molecular flexibility index (Phi) is 7.64. The molecule has 186 valence electrons. The van der Waals surface area contributed by atoms with Gasteiger partial charge in [0, 0.05) is 11.6 Å². The molecule has 2 heterocycles. The summed E-state index contributed by atoms with van der Waals surface area (Å²) in [6.07, 6.45) is -3.07. The predicted molar refractivity (Wildman–Crippen MR) is 125 cm³/mol. The maximum atomic E-state index is 13.9. The highest BCUT2D eigenvalue weighted by Crippen LogP contribution is 2.31. The van der Waals surface area contributed by atoms with Gasteiger partial charge in [-0.1, -0.05) is 30.0 Å². The SMILES string of the molecule is O=C(CSc1nnc(CNC(=O)c2ccccc2F)n1-c1cccc(C(F)(F)F)c1)Nc1nccs1. The Morgan fingerprint density at radius 2 is 1.89 bits per heavy atom.